The number of hydrogen-bond acceptors (Lipinski definition) is 2. The van der Waals surface area contributed by atoms with Crippen molar-refractivity contribution in [2.45, 2.75) is 13.0 Å². The van der Waals surface area contributed by atoms with E-state index in [9.17, 15) is 4.79 Å². The summed E-state index contributed by atoms with van der Waals surface area (Å²) >= 11 is 12.2. The summed E-state index contributed by atoms with van der Waals surface area (Å²) in [4.78, 5) is 16.2. The average Bonchev–Trinajstić information content (AvgIpc) is 2.65. The van der Waals surface area contributed by atoms with E-state index < -0.39 is 0 Å². The maximum atomic E-state index is 12.1. The second kappa shape index (κ2) is 4.00. The fraction of sp³-hybridized carbons (Fsp3) is 0.167. The third kappa shape index (κ3) is 1.53. The maximum Gasteiger partial charge on any atom is 0.255 e. The maximum absolute atomic E-state index is 12.1. The Morgan fingerprint density at radius 3 is 2.94 bits per heavy atom. The van der Waals surface area contributed by atoms with Crippen molar-refractivity contribution in [3.63, 3.8) is 0 Å². The lowest BCUT2D eigenvalue weighted by atomic mass is 10.1. The van der Waals surface area contributed by atoms with Crippen LogP contribution in [0.2, 0.25) is 10.2 Å². The van der Waals surface area contributed by atoms with E-state index in [1.54, 1.807) is 23.0 Å². The number of amides is 1. The molecule has 1 atom stereocenters. The van der Waals surface area contributed by atoms with E-state index in [0.29, 0.717) is 21.4 Å². The number of fused-ring (bicyclic) bond motifs is 3. The van der Waals surface area contributed by atoms with Crippen molar-refractivity contribution >= 4 is 29.1 Å². The van der Waals surface area contributed by atoms with E-state index >= 15 is 0 Å². The Bertz CT molecular complexity index is 651. The lowest BCUT2D eigenvalue weighted by Gasteiger charge is -2.11. The third-order valence-electron chi connectivity index (χ3n) is 2.99. The molecule has 0 aliphatic carbocycles. The lowest BCUT2D eigenvalue weighted by molar-refractivity contribution is 0.0942. The number of aromatic nitrogens is 2. The smallest absolute Gasteiger partial charge is 0.255 e. The van der Waals surface area contributed by atoms with Gasteiger partial charge in [-0.2, -0.15) is 0 Å². The van der Waals surface area contributed by atoms with E-state index in [2.05, 4.69) is 10.3 Å². The molecule has 2 heterocycles. The van der Waals surface area contributed by atoms with E-state index in [4.69, 9.17) is 23.2 Å². The monoisotopic (exact) mass is 281 g/mol. The first kappa shape index (κ1) is 11.6. The van der Waals surface area contributed by atoms with Crippen molar-refractivity contribution in [1.82, 2.24) is 14.9 Å². The van der Waals surface area contributed by atoms with Crippen molar-refractivity contribution in [3.8, 4) is 5.69 Å². The van der Waals surface area contributed by atoms with E-state index in [-0.39, 0.29) is 11.9 Å². The Labute approximate surface area is 114 Å². The van der Waals surface area contributed by atoms with Crippen molar-refractivity contribution in [2.24, 2.45) is 0 Å². The first-order valence-electron chi connectivity index (χ1n) is 5.42. The molecule has 1 amide bonds. The fourth-order valence-corrected chi connectivity index (χ4v) is 2.74. The molecule has 2 aromatic rings. The number of carbonyl (C=O) groups is 1. The topological polar surface area (TPSA) is 46.9 Å². The summed E-state index contributed by atoms with van der Waals surface area (Å²) in [5.74, 6) is -0.206. The molecular weight excluding hydrogens is 273 g/mol. The van der Waals surface area contributed by atoms with Gasteiger partial charge in [0.2, 0.25) is 0 Å². The highest BCUT2D eigenvalue weighted by Crippen LogP contribution is 2.32. The van der Waals surface area contributed by atoms with Crippen molar-refractivity contribution in [2.75, 3.05) is 0 Å². The summed E-state index contributed by atoms with van der Waals surface area (Å²) in [6.07, 6.45) is 1.60. The zero-order valence-electron chi connectivity index (χ0n) is 9.45. The van der Waals surface area contributed by atoms with E-state index in [1.165, 1.54) is 0 Å². The zero-order valence-corrected chi connectivity index (χ0v) is 11.0. The summed E-state index contributed by atoms with van der Waals surface area (Å²) in [5.41, 5.74) is 1.89. The first-order chi connectivity index (χ1) is 8.59. The number of carbonyl (C=O) groups excluding carboxylic acids is 1. The highest BCUT2D eigenvalue weighted by Gasteiger charge is 2.28. The van der Waals surface area contributed by atoms with Crippen molar-refractivity contribution < 1.29 is 4.79 Å². The van der Waals surface area contributed by atoms with Crippen LogP contribution in [0.4, 0.5) is 0 Å². The van der Waals surface area contributed by atoms with Crippen LogP contribution in [0.3, 0.4) is 0 Å². The molecule has 3 rings (SSSR count). The average molecular weight is 282 g/mol. The molecule has 0 unspecified atom stereocenters. The lowest BCUT2D eigenvalue weighted by Crippen LogP contribution is -2.25. The Morgan fingerprint density at radius 1 is 1.39 bits per heavy atom. The van der Waals surface area contributed by atoms with Crippen LogP contribution in [0.25, 0.3) is 5.69 Å². The Balaban J connectivity index is 2.37. The normalized spacial score (nSPS) is 17.7. The Hall–Kier alpha value is -1.52. The molecule has 0 fully saturated rings. The molecule has 0 saturated heterocycles. The van der Waals surface area contributed by atoms with Gasteiger partial charge in [-0.05, 0) is 19.1 Å². The first-order valence-corrected chi connectivity index (χ1v) is 6.17. The number of nitrogens with zero attached hydrogens (tertiary/aromatic N) is 2. The number of benzene rings is 1. The second-order valence-electron chi connectivity index (χ2n) is 4.12. The minimum Gasteiger partial charge on any atom is -0.344 e. The van der Waals surface area contributed by atoms with Gasteiger partial charge in [-0.3, -0.25) is 9.36 Å². The second-order valence-corrected chi connectivity index (χ2v) is 4.88. The predicted octanol–water partition coefficient (Wildman–Crippen LogP) is 2.98. The number of halogens is 2. The number of imidazole rings is 1. The van der Waals surface area contributed by atoms with Gasteiger partial charge in [0.1, 0.15) is 6.33 Å². The summed E-state index contributed by atoms with van der Waals surface area (Å²) < 4.78 is 1.80. The summed E-state index contributed by atoms with van der Waals surface area (Å²) in [7, 11) is 0. The standard InChI is InChI=1S/C12H9Cl2N3O/c1-6-10-11(14)15-5-17(10)8-4-2-3-7(13)9(8)12(18)16-6/h2-6H,1H3,(H,16,18)/t6-/m0/s1. The van der Waals surface area contributed by atoms with Gasteiger partial charge in [0.25, 0.3) is 5.91 Å². The minimum atomic E-state index is -0.226. The van der Waals surface area contributed by atoms with E-state index in [1.807, 2.05) is 13.0 Å². The van der Waals surface area contributed by atoms with Crippen LogP contribution < -0.4 is 5.32 Å². The number of hydrogen-bond donors (Lipinski definition) is 1. The number of rotatable bonds is 0. The molecule has 1 aliphatic heterocycles. The van der Waals surface area contributed by atoms with Gasteiger partial charge in [-0.15, -0.1) is 0 Å². The van der Waals surface area contributed by atoms with Crippen LogP contribution in [0.1, 0.15) is 29.0 Å². The quantitative estimate of drug-likeness (QED) is 0.807. The largest absolute Gasteiger partial charge is 0.344 e. The van der Waals surface area contributed by atoms with Crippen LogP contribution in [0.5, 0.6) is 0 Å². The Kier molecular flexibility index (Phi) is 2.57. The highest BCUT2D eigenvalue weighted by atomic mass is 35.5. The summed E-state index contributed by atoms with van der Waals surface area (Å²) in [5, 5.41) is 3.65. The third-order valence-corrected chi connectivity index (χ3v) is 3.60. The minimum absolute atomic E-state index is 0.206. The molecule has 6 heteroatoms. The van der Waals surface area contributed by atoms with Crippen LogP contribution >= 0.6 is 23.2 Å². The molecule has 18 heavy (non-hydrogen) atoms. The van der Waals surface area contributed by atoms with Crippen LogP contribution in [0.15, 0.2) is 24.5 Å². The molecule has 1 aromatic heterocycles. The molecular formula is C12H9Cl2N3O. The van der Waals surface area contributed by atoms with Gasteiger partial charge in [0, 0.05) is 0 Å². The van der Waals surface area contributed by atoms with E-state index in [0.717, 1.165) is 5.69 Å². The predicted molar refractivity (Wildman–Crippen MR) is 69.5 cm³/mol. The van der Waals surface area contributed by atoms with Crippen LogP contribution in [-0.2, 0) is 0 Å². The summed E-state index contributed by atoms with van der Waals surface area (Å²) in [6, 6.07) is 5.08. The highest BCUT2D eigenvalue weighted by molar-refractivity contribution is 6.34. The molecule has 92 valence electrons. The molecule has 0 bridgehead atoms. The molecule has 0 spiro atoms. The van der Waals surface area contributed by atoms with Gasteiger partial charge < -0.3 is 5.32 Å². The summed E-state index contributed by atoms with van der Waals surface area (Å²) in [6.45, 7) is 1.86. The van der Waals surface area contributed by atoms with Gasteiger partial charge in [-0.25, -0.2) is 4.98 Å². The van der Waals surface area contributed by atoms with Gasteiger partial charge in [0.15, 0.2) is 5.15 Å². The molecule has 0 saturated carbocycles. The number of nitrogens with one attached hydrogen (secondary N) is 1. The van der Waals surface area contributed by atoms with Gasteiger partial charge in [-0.1, -0.05) is 29.3 Å². The Morgan fingerprint density at radius 2 is 2.17 bits per heavy atom. The van der Waals surface area contributed by atoms with Gasteiger partial charge in [0.05, 0.1) is 28.0 Å². The SMILES string of the molecule is C[C@@H]1NC(=O)c2c(Cl)cccc2-n2cnc(Cl)c21. The molecule has 1 N–H and O–H groups in total. The van der Waals surface area contributed by atoms with Crippen LogP contribution in [0, 0.1) is 0 Å². The molecule has 0 radical (unpaired) electrons. The van der Waals surface area contributed by atoms with Crippen LogP contribution in [-0.4, -0.2) is 15.5 Å². The molecule has 4 nitrogen and oxygen atoms in total. The van der Waals surface area contributed by atoms with Gasteiger partial charge >= 0.3 is 0 Å². The van der Waals surface area contributed by atoms with Crippen molar-refractivity contribution in [3.05, 3.63) is 46.0 Å². The van der Waals surface area contributed by atoms with Crippen molar-refractivity contribution in [1.29, 1.82) is 0 Å². The molecule has 1 aromatic carbocycles. The molecule has 1 aliphatic rings. The zero-order chi connectivity index (χ0) is 12.9. The fourth-order valence-electron chi connectivity index (χ4n) is 2.19.